The van der Waals surface area contributed by atoms with Crippen LogP contribution in [0.3, 0.4) is 0 Å². The first-order chi connectivity index (χ1) is 8.04. The summed E-state index contributed by atoms with van der Waals surface area (Å²) in [5.74, 6) is 6.68. The zero-order valence-electron chi connectivity index (χ0n) is 12.1. The van der Waals surface area contributed by atoms with Gasteiger partial charge in [0.2, 0.25) is 0 Å². The van der Waals surface area contributed by atoms with Crippen LogP contribution in [0, 0.1) is 5.92 Å². The van der Waals surface area contributed by atoms with Crippen LogP contribution in [0.1, 0.15) is 58.8 Å². The topological polar surface area (TPSA) is 41.3 Å². The second-order valence-corrected chi connectivity index (χ2v) is 6.06. The maximum Gasteiger partial charge on any atom is 0.0394 e. The molecule has 2 atom stereocenters. The molecule has 17 heavy (non-hydrogen) atoms. The lowest BCUT2D eigenvalue weighted by atomic mass is 9.78. The molecule has 0 heterocycles. The summed E-state index contributed by atoms with van der Waals surface area (Å²) in [7, 11) is 4.32. The predicted molar refractivity (Wildman–Crippen MR) is 74.7 cm³/mol. The second-order valence-electron chi connectivity index (χ2n) is 6.06. The Labute approximate surface area is 107 Å². The quantitative estimate of drug-likeness (QED) is 0.554. The average Bonchev–Trinajstić information content (AvgIpc) is 2.36. The number of hydrazine groups is 1. The highest BCUT2D eigenvalue weighted by atomic mass is 15.3. The third-order valence-electron chi connectivity index (χ3n) is 4.98. The van der Waals surface area contributed by atoms with Gasteiger partial charge in [-0.2, -0.15) is 0 Å². The van der Waals surface area contributed by atoms with Gasteiger partial charge in [-0.1, -0.05) is 39.0 Å². The molecule has 0 bridgehead atoms. The number of hydrogen-bond acceptors (Lipinski definition) is 3. The van der Waals surface area contributed by atoms with Crippen LogP contribution in [0.4, 0.5) is 0 Å². The van der Waals surface area contributed by atoms with Crippen LogP contribution in [0.25, 0.3) is 0 Å². The Kier molecular flexibility index (Phi) is 5.90. The highest BCUT2D eigenvalue weighted by molar-refractivity contribution is 4.94. The van der Waals surface area contributed by atoms with Gasteiger partial charge in [0.05, 0.1) is 0 Å². The summed E-state index contributed by atoms with van der Waals surface area (Å²) in [4.78, 5) is 2.32. The maximum atomic E-state index is 5.81. The molecule has 3 N–H and O–H groups in total. The number of nitrogens with two attached hydrogens (primary N) is 1. The lowest BCUT2D eigenvalue weighted by molar-refractivity contribution is 0.0935. The van der Waals surface area contributed by atoms with E-state index in [1.165, 1.54) is 38.5 Å². The number of rotatable bonds is 6. The highest BCUT2D eigenvalue weighted by Crippen LogP contribution is 2.32. The van der Waals surface area contributed by atoms with Crippen LogP contribution in [-0.2, 0) is 0 Å². The average molecular weight is 241 g/mol. The van der Waals surface area contributed by atoms with Crippen molar-refractivity contribution >= 4 is 0 Å². The van der Waals surface area contributed by atoms with Crippen LogP contribution in [0.5, 0.6) is 0 Å². The molecule has 0 spiro atoms. The van der Waals surface area contributed by atoms with E-state index in [4.69, 9.17) is 5.84 Å². The third kappa shape index (κ3) is 3.67. The van der Waals surface area contributed by atoms with Gasteiger partial charge in [0.1, 0.15) is 0 Å². The summed E-state index contributed by atoms with van der Waals surface area (Å²) in [5.41, 5.74) is 3.24. The van der Waals surface area contributed by atoms with Gasteiger partial charge in [-0.05, 0) is 39.8 Å². The molecular formula is C14H31N3. The fraction of sp³-hybridized carbons (Fsp3) is 1.00. The fourth-order valence-corrected chi connectivity index (χ4v) is 3.13. The molecule has 0 aromatic rings. The minimum absolute atomic E-state index is 0.159. The molecular weight excluding hydrogens is 210 g/mol. The van der Waals surface area contributed by atoms with Crippen molar-refractivity contribution in [1.29, 1.82) is 0 Å². The Morgan fingerprint density at radius 1 is 1.29 bits per heavy atom. The van der Waals surface area contributed by atoms with Gasteiger partial charge < -0.3 is 4.90 Å². The van der Waals surface area contributed by atoms with Crippen LogP contribution in [0.15, 0.2) is 0 Å². The molecule has 0 amide bonds. The SMILES string of the molecule is CCC(C)(C(CC1CCCCC1)NN)N(C)C. The smallest absolute Gasteiger partial charge is 0.0394 e. The lowest BCUT2D eigenvalue weighted by Crippen LogP contribution is -2.59. The first kappa shape index (κ1) is 14.9. The second kappa shape index (κ2) is 6.72. The molecule has 0 saturated heterocycles. The van der Waals surface area contributed by atoms with E-state index in [2.05, 4.69) is 38.3 Å². The van der Waals surface area contributed by atoms with Crippen LogP contribution in [-0.4, -0.2) is 30.6 Å². The Balaban J connectivity index is 2.62. The molecule has 1 saturated carbocycles. The van der Waals surface area contributed by atoms with Crippen molar-refractivity contribution in [2.24, 2.45) is 11.8 Å². The number of likely N-dealkylation sites (N-methyl/N-ethyl adjacent to an activating group) is 1. The van der Waals surface area contributed by atoms with Gasteiger partial charge in [-0.25, -0.2) is 0 Å². The maximum absolute atomic E-state index is 5.81. The van der Waals surface area contributed by atoms with Gasteiger partial charge in [0.15, 0.2) is 0 Å². The molecule has 0 aromatic heterocycles. The Morgan fingerprint density at radius 2 is 1.88 bits per heavy atom. The van der Waals surface area contributed by atoms with Crippen molar-refractivity contribution in [3.63, 3.8) is 0 Å². The molecule has 0 aromatic carbocycles. The van der Waals surface area contributed by atoms with Crippen molar-refractivity contribution in [2.75, 3.05) is 14.1 Å². The van der Waals surface area contributed by atoms with Crippen LogP contribution >= 0.6 is 0 Å². The number of nitrogens with one attached hydrogen (secondary N) is 1. The molecule has 0 aliphatic heterocycles. The molecule has 3 heteroatoms. The van der Waals surface area contributed by atoms with E-state index in [0.29, 0.717) is 6.04 Å². The normalized spacial score (nSPS) is 23.6. The van der Waals surface area contributed by atoms with Gasteiger partial charge in [0, 0.05) is 11.6 Å². The minimum atomic E-state index is 0.159. The van der Waals surface area contributed by atoms with Crippen molar-refractivity contribution in [3.05, 3.63) is 0 Å². The molecule has 2 unspecified atom stereocenters. The van der Waals surface area contributed by atoms with Gasteiger partial charge in [-0.3, -0.25) is 11.3 Å². The van der Waals surface area contributed by atoms with Gasteiger partial charge >= 0.3 is 0 Å². The van der Waals surface area contributed by atoms with Crippen LogP contribution in [0.2, 0.25) is 0 Å². The highest BCUT2D eigenvalue weighted by Gasteiger charge is 2.35. The molecule has 1 aliphatic rings. The van der Waals surface area contributed by atoms with Crippen molar-refractivity contribution < 1.29 is 0 Å². The summed E-state index contributed by atoms with van der Waals surface area (Å²) < 4.78 is 0. The van der Waals surface area contributed by atoms with Crippen molar-refractivity contribution in [3.8, 4) is 0 Å². The first-order valence-electron chi connectivity index (χ1n) is 7.18. The minimum Gasteiger partial charge on any atom is -0.302 e. The fourth-order valence-electron chi connectivity index (χ4n) is 3.13. The van der Waals surface area contributed by atoms with E-state index in [1.807, 2.05) is 0 Å². The molecule has 0 radical (unpaired) electrons. The van der Waals surface area contributed by atoms with E-state index < -0.39 is 0 Å². The Hall–Kier alpha value is -0.120. The van der Waals surface area contributed by atoms with Crippen molar-refractivity contribution in [2.45, 2.75) is 70.4 Å². The third-order valence-corrected chi connectivity index (χ3v) is 4.98. The van der Waals surface area contributed by atoms with Crippen LogP contribution < -0.4 is 11.3 Å². The Bertz CT molecular complexity index is 212. The van der Waals surface area contributed by atoms with E-state index in [9.17, 15) is 0 Å². The van der Waals surface area contributed by atoms with E-state index in [-0.39, 0.29) is 5.54 Å². The van der Waals surface area contributed by atoms with Gasteiger partial charge in [-0.15, -0.1) is 0 Å². The predicted octanol–water partition coefficient (Wildman–Crippen LogP) is 2.52. The largest absolute Gasteiger partial charge is 0.302 e. The van der Waals surface area contributed by atoms with E-state index in [1.54, 1.807) is 0 Å². The molecule has 1 rings (SSSR count). The van der Waals surface area contributed by atoms with E-state index >= 15 is 0 Å². The summed E-state index contributed by atoms with van der Waals surface area (Å²) in [5, 5.41) is 0. The Morgan fingerprint density at radius 3 is 2.29 bits per heavy atom. The van der Waals surface area contributed by atoms with E-state index in [0.717, 1.165) is 12.3 Å². The molecule has 3 nitrogen and oxygen atoms in total. The number of hydrogen-bond donors (Lipinski definition) is 2. The zero-order chi connectivity index (χ0) is 12.9. The summed E-state index contributed by atoms with van der Waals surface area (Å²) in [6.45, 7) is 4.57. The molecule has 1 fully saturated rings. The molecule has 102 valence electrons. The standard InChI is InChI=1S/C14H31N3/c1-5-14(2,17(3)4)13(16-15)11-12-9-7-6-8-10-12/h12-13,16H,5-11,15H2,1-4H3. The van der Waals surface area contributed by atoms with Crippen molar-refractivity contribution in [1.82, 2.24) is 10.3 Å². The lowest BCUT2D eigenvalue weighted by Gasteiger charge is -2.44. The molecule has 1 aliphatic carbocycles. The van der Waals surface area contributed by atoms with Gasteiger partial charge in [0.25, 0.3) is 0 Å². The first-order valence-corrected chi connectivity index (χ1v) is 7.18. The number of nitrogens with zero attached hydrogens (tertiary/aromatic N) is 1. The zero-order valence-corrected chi connectivity index (χ0v) is 12.1. The summed E-state index contributed by atoms with van der Waals surface area (Å²) >= 11 is 0. The monoisotopic (exact) mass is 241 g/mol. The summed E-state index contributed by atoms with van der Waals surface area (Å²) in [6.07, 6.45) is 9.38. The summed E-state index contributed by atoms with van der Waals surface area (Å²) in [6, 6.07) is 0.394.